The van der Waals surface area contributed by atoms with Crippen LogP contribution >= 0.6 is 0 Å². The molecule has 4 amide bonds. The standard InChI is InChI=1S/C45H74N6O7S/c1-12-30-26-45(30,33(52)19-16-25-59(57,58)49-22-13-14-23-49)48-37(54)32-27-44(42(10,11)43(44)20-17-21-43)28-51(32)39(56)35(41(7,8)9)47-38(55)34(40(4,5)6)46-36(53)31-18-15-24-50(31)29(2)3/h12,29-32,34-35H,1,13-28H2,2-11H3,(H,46,53)(H,47,55)(H,48,54). The molecule has 14 heteroatoms. The van der Waals surface area contributed by atoms with Crippen LogP contribution in [0.5, 0.6) is 0 Å². The molecule has 0 radical (unpaired) electrons. The van der Waals surface area contributed by atoms with E-state index in [1.165, 1.54) is 4.31 Å². The van der Waals surface area contributed by atoms with Gasteiger partial charge in [-0.2, -0.15) is 0 Å². The van der Waals surface area contributed by atoms with Crippen LogP contribution in [0.3, 0.4) is 0 Å². The molecule has 3 saturated carbocycles. The Morgan fingerprint density at radius 3 is 1.95 bits per heavy atom. The quantitative estimate of drug-likeness (QED) is 0.202. The van der Waals surface area contributed by atoms with Crippen molar-refractivity contribution in [1.29, 1.82) is 0 Å². The maximum atomic E-state index is 15.2. The van der Waals surface area contributed by atoms with Crippen LogP contribution in [-0.4, -0.2) is 120 Å². The SMILES string of the molecule is C=CC1CC1(NC(=O)C1CC2(CN1C(=O)C(NC(=O)C(NC(=O)C1CCCN1C(C)C)C(C)(C)C)C(C)(C)C)C(C)(C)C21CCC1)C(=O)CCCS(=O)(=O)N1CCCC1. The number of Topliss-reactive ketones (excluding diaryl/α,β-unsaturated/α-hetero) is 1. The van der Waals surface area contributed by atoms with Crippen molar-refractivity contribution >= 4 is 39.4 Å². The van der Waals surface area contributed by atoms with E-state index in [-0.39, 0.29) is 70.4 Å². The van der Waals surface area contributed by atoms with E-state index in [4.69, 9.17) is 0 Å². The van der Waals surface area contributed by atoms with Crippen LogP contribution in [0.2, 0.25) is 0 Å². The lowest BCUT2D eigenvalue weighted by Gasteiger charge is -2.39. The zero-order chi connectivity index (χ0) is 43.7. The van der Waals surface area contributed by atoms with Crippen molar-refractivity contribution in [1.82, 2.24) is 30.1 Å². The van der Waals surface area contributed by atoms with Crippen LogP contribution in [-0.2, 0) is 34.0 Å². The van der Waals surface area contributed by atoms with E-state index in [1.54, 1.807) is 11.0 Å². The van der Waals surface area contributed by atoms with Gasteiger partial charge in [0.15, 0.2) is 5.78 Å². The summed E-state index contributed by atoms with van der Waals surface area (Å²) < 4.78 is 27.3. The minimum absolute atomic E-state index is 0.00490. The van der Waals surface area contributed by atoms with Gasteiger partial charge in [0.1, 0.15) is 23.7 Å². The Labute approximate surface area is 354 Å². The summed E-state index contributed by atoms with van der Waals surface area (Å²) in [5, 5.41) is 9.27. The molecule has 0 aromatic heterocycles. The Balaban J connectivity index is 1.23. The van der Waals surface area contributed by atoms with Gasteiger partial charge >= 0.3 is 0 Å². The third kappa shape index (κ3) is 7.93. The fourth-order valence-electron chi connectivity index (χ4n) is 11.8. The highest BCUT2D eigenvalue weighted by Gasteiger charge is 2.85. The van der Waals surface area contributed by atoms with Gasteiger partial charge in [0.25, 0.3) is 0 Å². The van der Waals surface area contributed by atoms with Gasteiger partial charge in [-0.15, -0.1) is 6.58 Å². The highest BCUT2D eigenvalue weighted by molar-refractivity contribution is 7.89. The second-order valence-electron chi connectivity index (χ2n) is 21.9. The van der Waals surface area contributed by atoms with Crippen molar-refractivity contribution < 1.29 is 32.4 Å². The summed E-state index contributed by atoms with van der Waals surface area (Å²) >= 11 is 0. The lowest BCUT2D eigenvalue weighted by Crippen LogP contribution is -2.63. The molecule has 2 spiro atoms. The average molecular weight is 843 g/mol. The van der Waals surface area contributed by atoms with Crippen LogP contribution in [0, 0.1) is 33.0 Å². The number of rotatable bonds is 15. The molecule has 0 aromatic carbocycles. The predicted molar refractivity (Wildman–Crippen MR) is 228 cm³/mol. The Kier molecular flexibility index (Phi) is 12.2. The smallest absolute Gasteiger partial charge is 0.246 e. The first-order valence-electron chi connectivity index (χ1n) is 22.4. The molecule has 3 saturated heterocycles. The number of fused-ring (bicyclic) bond motifs is 1. The molecule has 6 fully saturated rings. The monoisotopic (exact) mass is 843 g/mol. The highest BCUT2D eigenvalue weighted by Crippen LogP contribution is 2.88. The maximum Gasteiger partial charge on any atom is 0.246 e. The molecule has 332 valence electrons. The van der Waals surface area contributed by atoms with Crippen molar-refractivity contribution in [2.24, 2.45) is 33.0 Å². The van der Waals surface area contributed by atoms with E-state index in [0.29, 0.717) is 38.9 Å². The van der Waals surface area contributed by atoms with E-state index in [0.717, 1.165) is 45.1 Å². The second-order valence-corrected chi connectivity index (χ2v) is 24.0. The molecule has 7 atom stereocenters. The molecule has 59 heavy (non-hydrogen) atoms. The highest BCUT2D eigenvalue weighted by atomic mass is 32.2. The average Bonchev–Trinajstić information content (AvgIpc) is 3.56. The fourth-order valence-corrected chi connectivity index (χ4v) is 13.4. The minimum atomic E-state index is -3.46. The first-order valence-corrected chi connectivity index (χ1v) is 24.0. The van der Waals surface area contributed by atoms with E-state index in [1.807, 2.05) is 41.5 Å². The Morgan fingerprint density at radius 2 is 1.44 bits per heavy atom. The zero-order valence-electron chi connectivity index (χ0n) is 37.7. The predicted octanol–water partition coefficient (Wildman–Crippen LogP) is 4.55. The van der Waals surface area contributed by atoms with Gasteiger partial charge in [0.2, 0.25) is 33.7 Å². The molecule has 3 aliphatic heterocycles. The zero-order valence-corrected chi connectivity index (χ0v) is 38.5. The molecular weight excluding hydrogens is 769 g/mol. The van der Waals surface area contributed by atoms with Crippen molar-refractivity contribution in [2.75, 3.05) is 31.9 Å². The van der Waals surface area contributed by atoms with Crippen molar-refractivity contribution in [3.05, 3.63) is 12.7 Å². The number of ketones is 1. The molecule has 0 bridgehead atoms. The van der Waals surface area contributed by atoms with Gasteiger partial charge in [-0.3, -0.25) is 28.9 Å². The summed E-state index contributed by atoms with van der Waals surface area (Å²) in [6.07, 6.45) is 9.11. The number of hydrogen-bond donors (Lipinski definition) is 3. The van der Waals surface area contributed by atoms with E-state index in [9.17, 15) is 27.6 Å². The Bertz CT molecular complexity index is 1810. The van der Waals surface area contributed by atoms with Gasteiger partial charge in [-0.05, 0) is 99.8 Å². The number of nitrogens with zero attached hydrogens (tertiary/aromatic N) is 3. The van der Waals surface area contributed by atoms with Gasteiger partial charge in [0, 0.05) is 43.4 Å². The Hall–Kier alpha value is -2.84. The summed E-state index contributed by atoms with van der Waals surface area (Å²) in [6.45, 7) is 26.1. The second kappa shape index (κ2) is 15.8. The summed E-state index contributed by atoms with van der Waals surface area (Å²) in [6, 6.07) is -2.97. The van der Waals surface area contributed by atoms with Crippen LogP contribution in [0.15, 0.2) is 12.7 Å². The molecule has 3 N–H and O–H groups in total. The molecule has 6 rings (SSSR count). The largest absolute Gasteiger partial charge is 0.342 e. The van der Waals surface area contributed by atoms with Gasteiger partial charge in [-0.1, -0.05) is 67.9 Å². The Morgan fingerprint density at radius 1 is 0.814 bits per heavy atom. The number of amides is 4. The number of carbonyl (C=O) groups is 5. The number of likely N-dealkylation sites (tertiary alicyclic amines) is 2. The molecule has 13 nitrogen and oxygen atoms in total. The molecule has 3 heterocycles. The first-order chi connectivity index (χ1) is 27.3. The summed E-state index contributed by atoms with van der Waals surface area (Å²) in [5.41, 5.74) is -3.04. The van der Waals surface area contributed by atoms with E-state index >= 15 is 4.79 Å². The minimum Gasteiger partial charge on any atom is -0.342 e. The van der Waals surface area contributed by atoms with E-state index < -0.39 is 56.3 Å². The third-order valence-electron chi connectivity index (χ3n) is 15.9. The number of sulfonamides is 1. The normalized spacial score (nSPS) is 31.2. The molecule has 3 aliphatic carbocycles. The topological polar surface area (TPSA) is 165 Å². The van der Waals surface area contributed by atoms with Crippen molar-refractivity contribution in [3.63, 3.8) is 0 Å². The lowest BCUT2D eigenvalue weighted by atomic mass is 9.73. The number of carbonyl (C=O) groups excluding carboxylic acids is 5. The number of nitrogens with one attached hydrogen (secondary N) is 3. The van der Waals surface area contributed by atoms with Crippen molar-refractivity contribution in [3.8, 4) is 0 Å². The van der Waals surface area contributed by atoms with Gasteiger partial charge < -0.3 is 20.9 Å². The van der Waals surface area contributed by atoms with Gasteiger partial charge in [0.05, 0.1) is 11.8 Å². The molecular formula is C45H74N6O7S. The summed E-state index contributed by atoms with van der Waals surface area (Å²) in [5.74, 6) is -2.04. The van der Waals surface area contributed by atoms with Crippen LogP contribution in [0.1, 0.15) is 140 Å². The molecule has 6 aliphatic rings. The van der Waals surface area contributed by atoms with Gasteiger partial charge in [-0.25, -0.2) is 12.7 Å². The number of hydrogen-bond acceptors (Lipinski definition) is 8. The van der Waals surface area contributed by atoms with Crippen molar-refractivity contribution in [2.45, 2.75) is 176 Å². The maximum absolute atomic E-state index is 15.2. The first kappa shape index (κ1) is 45.7. The van der Waals surface area contributed by atoms with Crippen LogP contribution in [0.25, 0.3) is 0 Å². The summed E-state index contributed by atoms with van der Waals surface area (Å²) in [4.78, 5) is 75.9. The fraction of sp³-hybridized carbons (Fsp3) is 0.844. The molecule has 0 aromatic rings. The van der Waals surface area contributed by atoms with E-state index in [2.05, 4.69) is 55.1 Å². The lowest BCUT2D eigenvalue weighted by molar-refractivity contribution is -0.145. The third-order valence-corrected chi connectivity index (χ3v) is 17.8. The summed E-state index contributed by atoms with van der Waals surface area (Å²) in [7, 11) is -3.46. The van der Waals surface area contributed by atoms with Crippen LogP contribution in [0.4, 0.5) is 0 Å². The molecule has 7 unspecified atom stereocenters. The van der Waals surface area contributed by atoms with Crippen LogP contribution < -0.4 is 16.0 Å².